The van der Waals surface area contributed by atoms with Crippen LogP contribution in [0.2, 0.25) is 0 Å². The Bertz CT molecular complexity index is 1030. The molecule has 6 heteroatoms. The fourth-order valence-corrected chi connectivity index (χ4v) is 5.09. The van der Waals surface area contributed by atoms with Crippen molar-refractivity contribution in [2.45, 2.75) is 31.6 Å². The van der Waals surface area contributed by atoms with Gasteiger partial charge in [-0.05, 0) is 44.1 Å². The van der Waals surface area contributed by atoms with E-state index in [1.54, 1.807) is 0 Å². The fourth-order valence-electron chi connectivity index (χ4n) is 5.09. The Morgan fingerprint density at radius 2 is 1.93 bits per heavy atom. The molecule has 1 aromatic carbocycles. The average Bonchev–Trinajstić information content (AvgIpc) is 3.34. The highest BCUT2D eigenvalue weighted by atomic mass is 16.5. The van der Waals surface area contributed by atoms with Gasteiger partial charge in [-0.25, -0.2) is 0 Å². The largest absolute Gasteiger partial charge is 0.356 e. The number of hydrogen-bond acceptors (Lipinski definition) is 4. The second kappa shape index (κ2) is 7.34. The first-order valence-electron chi connectivity index (χ1n) is 10.6. The number of hydrogen-bond donors (Lipinski definition) is 0. The number of carbonyl (C=O) groups excluding carboxylic acids is 1. The minimum absolute atomic E-state index is 0.183. The Morgan fingerprint density at radius 3 is 2.76 bits per heavy atom. The summed E-state index contributed by atoms with van der Waals surface area (Å²) in [5.74, 6) is 1.02. The van der Waals surface area contributed by atoms with Crippen LogP contribution in [0.1, 0.15) is 53.3 Å². The summed E-state index contributed by atoms with van der Waals surface area (Å²) in [5, 5.41) is 5.51. The van der Waals surface area contributed by atoms with Crippen LogP contribution in [0.5, 0.6) is 0 Å². The van der Waals surface area contributed by atoms with Gasteiger partial charge in [0.1, 0.15) is 0 Å². The van der Waals surface area contributed by atoms with Crippen LogP contribution in [-0.2, 0) is 7.05 Å². The molecule has 2 aliphatic heterocycles. The second-order valence-corrected chi connectivity index (χ2v) is 8.56. The van der Waals surface area contributed by atoms with E-state index in [2.05, 4.69) is 27.6 Å². The quantitative estimate of drug-likeness (QED) is 0.681. The van der Waals surface area contributed by atoms with Gasteiger partial charge in [-0.1, -0.05) is 24.2 Å². The number of fused-ring (bicyclic) bond motifs is 2. The van der Waals surface area contributed by atoms with Gasteiger partial charge in [0.05, 0.1) is 11.3 Å². The molecule has 6 nitrogen and oxygen atoms in total. The Morgan fingerprint density at radius 1 is 1.14 bits per heavy atom. The number of amides is 1. The minimum atomic E-state index is 0.183. The summed E-state index contributed by atoms with van der Waals surface area (Å²) in [7, 11) is 2.03. The third kappa shape index (κ3) is 3.25. The van der Waals surface area contributed by atoms with Gasteiger partial charge in [0.25, 0.3) is 5.91 Å². The summed E-state index contributed by atoms with van der Waals surface area (Å²) < 4.78 is 7.59. The zero-order chi connectivity index (χ0) is 20.0. The first-order valence-corrected chi connectivity index (χ1v) is 10.6. The van der Waals surface area contributed by atoms with Crippen LogP contribution >= 0.6 is 0 Å². The van der Waals surface area contributed by atoms with E-state index in [0.717, 1.165) is 67.8 Å². The van der Waals surface area contributed by atoms with Crippen LogP contribution in [0.15, 0.2) is 41.1 Å². The maximum absolute atomic E-state index is 12.9. The van der Waals surface area contributed by atoms with Crippen LogP contribution < -0.4 is 0 Å². The Labute approximate surface area is 171 Å². The highest BCUT2D eigenvalue weighted by molar-refractivity contribution is 5.96. The number of benzene rings is 1. The Hall–Kier alpha value is -2.60. The molecule has 1 fully saturated rings. The molecule has 0 aliphatic carbocycles. The first-order chi connectivity index (χ1) is 14.1. The molecule has 0 saturated carbocycles. The van der Waals surface area contributed by atoms with Gasteiger partial charge in [-0.3, -0.25) is 4.79 Å². The van der Waals surface area contributed by atoms with Crippen molar-refractivity contribution in [2.75, 3.05) is 32.7 Å². The molecule has 152 valence electrons. The molecule has 3 aromatic rings. The van der Waals surface area contributed by atoms with Crippen molar-refractivity contribution in [3.8, 4) is 0 Å². The molecule has 2 aromatic heterocycles. The van der Waals surface area contributed by atoms with E-state index < -0.39 is 0 Å². The SMILES string of the molecule is CC1CN(CCN2CCC(c3noc4ccccc34)CC2)C(=O)c2ccn(C)c21. The van der Waals surface area contributed by atoms with Gasteiger partial charge in [0.2, 0.25) is 0 Å². The molecule has 1 saturated heterocycles. The monoisotopic (exact) mass is 392 g/mol. The highest BCUT2D eigenvalue weighted by Gasteiger charge is 2.31. The van der Waals surface area contributed by atoms with E-state index in [1.807, 2.05) is 42.4 Å². The lowest BCUT2D eigenvalue weighted by molar-refractivity contribution is 0.0692. The maximum atomic E-state index is 12.9. The lowest BCUT2D eigenvalue weighted by Crippen LogP contribution is -2.45. The van der Waals surface area contributed by atoms with Gasteiger partial charge in [0.15, 0.2) is 5.58 Å². The number of nitrogens with zero attached hydrogens (tertiary/aromatic N) is 4. The minimum Gasteiger partial charge on any atom is -0.356 e. The Kier molecular flexibility index (Phi) is 4.66. The summed E-state index contributed by atoms with van der Waals surface area (Å²) >= 11 is 0. The van der Waals surface area contributed by atoms with E-state index in [9.17, 15) is 4.79 Å². The number of aryl methyl sites for hydroxylation is 1. The third-order valence-corrected chi connectivity index (χ3v) is 6.67. The molecular formula is C23H28N4O2. The predicted octanol–water partition coefficient (Wildman–Crippen LogP) is 3.61. The first kappa shape index (κ1) is 18.4. The topological polar surface area (TPSA) is 54.5 Å². The highest BCUT2D eigenvalue weighted by Crippen LogP contribution is 2.33. The molecule has 0 bridgehead atoms. The van der Waals surface area contributed by atoms with E-state index in [4.69, 9.17) is 4.52 Å². The van der Waals surface area contributed by atoms with Crippen molar-refractivity contribution in [1.29, 1.82) is 0 Å². The smallest absolute Gasteiger partial charge is 0.255 e. The normalized spacial score (nSPS) is 21.1. The Balaban J connectivity index is 1.18. The van der Waals surface area contributed by atoms with Gasteiger partial charge in [0, 0.05) is 55.8 Å². The molecule has 0 N–H and O–H groups in total. The third-order valence-electron chi connectivity index (χ3n) is 6.67. The van der Waals surface area contributed by atoms with Crippen molar-refractivity contribution in [1.82, 2.24) is 19.5 Å². The molecule has 0 spiro atoms. The van der Waals surface area contributed by atoms with Crippen LogP contribution in [0.25, 0.3) is 11.0 Å². The van der Waals surface area contributed by atoms with Crippen LogP contribution in [0.4, 0.5) is 0 Å². The number of aromatic nitrogens is 2. The van der Waals surface area contributed by atoms with E-state index >= 15 is 0 Å². The molecule has 29 heavy (non-hydrogen) atoms. The summed E-state index contributed by atoms with van der Waals surface area (Å²) in [5.41, 5.74) is 4.04. The number of likely N-dealkylation sites (tertiary alicyclic amines) is 1. The number of piperidine rings is 1. The van der Waals surface area contributed by atoms with Crippen LogP contribution in [-0.4, -0.2) is 58.2 Å². The summed E-state index contributed by atoms with van der Waals surface area (Å²) in [6, 6.07) is 10.1. The molecule has 2 aliphatic rings. The van der Waals surface area contributed by atoms with Crippen molar-refractivity contribution < 1.29 is 9.32 Å². The molecule has 1 unspecified atom stereocenters. The summed E-state index contributed by atoms with van der Waals surface area (Å²) in [6.07, 6.45) is 4.17. The van der Waals surface area contributed by atoms with Crippen LogP contribution in [0, 0.1) is 0 Å². The van der Waals surface area contributed by atoms with Gasteiger partial charge < -0.3 is 18.9 Å². The average molecular weight is 393 g/mol. The molecule has 5 rings (SSSR count). The van der Waals surface area contributed by atoms with E-state index in [1.165, 1.54) is 5.69 Å². The lowest BCUT2D eigenvalue weighted by Gasteiger charge is -2.35. The van der Waals surface area contributed by atoms with Gasteiger partial charge in [-0.15, -0.1) is 0 Å². The molecule has 1 atom stereocenters. The second-order valence-electron chi connectivity index (χ2n) is 8.56. The zero-order valence-corrected chi connectivity index (χ0v) is 17.2. The molecule has 0 radical (unpaired) electrons. The molecular weight excluding hydrogens is 364 g/mol. The van der Waals surface area contributed by atoms with E-state index in [-0.39, 0.29) is 5.91 Å². The van der Waals surface area contributed by atoms with Crippen molar-refractivity contribution in [3.63, 3.8) is 0 Å². The molecule has 1 amide bonds. The number of carbonyl (C=O) groups is 1. The van der Waals surface area contributed by atoms with Crippen molar-refractivity contribution in [3.05, 3.63) is 53.5 Å². The maximum Gasteiger partial charge on any atom is 0.255 e. The molecule has 4 heterocycles. The summed E-state index contributed by atoms with van der Waals surface area (Å²) in [4.78, 5) is 17.4. The zero-order valence-electron chi connectivity index (χ0n) is 17.2. The predicted molar refractivity (Wildman–Crippen MR) is 112 cm³/mol. The fraction of sp³-hybridized carbons (Fsp3) is 0.478. The number of rotatable bonds is 4. The van der Waals surface area contributed by atoms with Crippen molar-refractivity contribution in [2.24, 2.45) is 7.05 Å². The van der Waals surface area contributed by atoms with Crippen LogP contribution in [0.3, 0.4) is 0 Å². The van der Waals surface area contributed by atoms with E-state index in [0.29, 0.717) is 11.8 Å². The van der Waals surface area contributed by atoms with Crippen molar-refractivity contribution >= 4 is 16.9 Å². The summed E-state index contributed by atoms with van der Waals surface area (Å²) in [6.45, 7) is 6.85. The number of para-hydroxylation sites is 1. The van der Waals surface area contributed by atoms with Gasteiger partial charge in [-0.2, -0.15) is 0 Å². The lowest BCUT2D eigenvalue weighted by atomic mass is 9.91. The van der Waals surface area contributed by atoms with Gasteiger partial charge >= 0.3 is 0 Å². The standard InChI is InChI=1S/C23H28N4O2/c1-16-15-27(23(28)19-9-10-25(2)22(16)19)14-13-26-11-7-17(8-12-26)21-18-5-3-4-6-20(18)29-24-21/h3-6,9-10,16-17H,7-8,11-15H2,1-2H3.